The lowest BCUT2D eigenvalue weighted by Gasteiger charge is -2.28. The molecular weight excluding hydrogens is 390 g/mol. The molecule has 2 saturated heterocycles. The minimum absolute atomic E-state index is 0.0435. The summed E-state index contributed by atoms with van der Waals surface area (Å²) in [5.74, 6) is 0.637. The average molecular weight is 418 g/mol. The first-order chi connectivity index (χ1) is 13.9. The summed E-state index contributed by atoms with van der Waals surface area (Å²) >= 11 is 0. The molecule has 0 bridgehead atoms. The quantitative estimate of drug-likeness (QED) is 0.757. The van der Waals surface area contributed by atoms with E-state index in [1.807, 2.05) is 19.1 Å². The molecule has 1 aromatic carbocycles. The number of carbonyl (C=O) groups excluding carboxylic acids is 1. The van der Waals surface area contributed by atoms with Gasteiger partial charge in [-0.05, 0) is 50.8 Å². The fourth-order valence-electron chi connectivity index (χ4n) is 4.28. The molecule has 2 aliphatic rings. The molecule has 2 fully saturated rings. The molecule has 0 N–H and O–H groups in total. The fraction of sp³-hybridized carbons (Fsp3) is 0.524. The lowest BCUT2D eigenvalue weighted by Crippen LogP contribution is -2.35. The summed E-state index contributed by atoms with van der Waals surface area (Å²) in [6.07, 6.45) is 4.75. The van der Waals surface area contributed by atoms with Gasteiger partial charge < -0.3 is 9.42 Å². The zero-order valence-corrected chi connectivity index (χ0v) is 17.7. The van der Waals surface area contributed by atoms with E-state index in [4.69, 9.17) is 4.52 Å². The summed E-state index contributed by atoms with van der Waals surface area (Å²) in [5, 5.41) is 3.96. The highest BCUT2D eigenvalue weighted by Gasteiger charge is 2.36. The molecule has 29 heavy (non-hydrogen) atoms. The number of rotatable bonds is 4. The second kappa shape index (κ2) is 7.91. The summed E-state index contributed by atoms with van der Waals surface area (Å²) in [4.78, 5) is 14.1. The third-order valence-electron chi connectivity index (χ3n) is 5.82. The Morgan fingerprint density at radius 2 is 1.90 bits per heavy atom. The van der Waals surface area contributed by atoms with Crippen molar-refractivity contribution in [2.75, 3.05) is 18.0 Å². The third kappa shape index (κ3) is 3.83. The molecule has 1 amide bonds. The number of nitrogens with zero attached hydrogens (tertiary/aromatic N) is 3. The zero-order chi connectivity index (χ0) is 20.6. The van der Waals surface area contributed by atoms with Gasteiger partial charge in [-0.25, -0.2) is 8.42 Å². The Labute approximate surface area is 171 Å². The van der Waals surface area contributed by atoms with Crippen molar-refractivity contribution < 1.29 is 17.7 Å². The van der Waals surface area contributed by atoms with Crippen LogP contribution in [0.15, 0.2) is 33.7 Å². The largest absolute Gasteiger partial charge is 0.359 e. The number of hydrogen-bond acceptors (Lipinski definition) is 5. The Bertz CT molecular complexity index is 1010. The van der Waals surface area contributed by atoms with E-state index in [0.29, 0.717) is 42.9 Å². The van der Waals surface area contributed by atoms with Crippen LogP contribution in [-0.2, 0) is 14.8 Å². The van der Waals surface area contributed by atoms with Gasteiger partial charge in [0.15, 0.2) is 5.76 Å². The van der Waals surface area contributed by atoms with Crippen LogP contribution >= 0.6 is 0 Å². The molecule has 2 aromatic rings. The molecular formula is C21H27N3O4S. The van der Waals surface area contributed by atoms with Crippen molar-refractivity contribution in [3.8, 4) is 0 Å². The van der Waals surface area contributed by atoms with Gasteiger partial charge in [0.25, 0.3) is 0 Å². The molecule has 1 aromatic heterocycles. The minimum atomic E-state index is -3.77. The maximum absolute atomic E-state index is 13.8. The van der Waals surface area contributed by atoms with Crippen molar-refractivity contribution in [3.63, 3.8) is 0 Å². The van der Waals surface area contributed by atoms with Gasteiger partial charge in [0.1, 0.15) is 0 Å². The Hall–Kier alpha value is -2.19. The van der Waals surface area contributed by atoms with Crippen molar-refractivity contribution in [2.45, 2.75) is 63.3 Å². The molecule has 7 nitrogen and oxygen atoms in total. The SMILES string of the molecule is Cc1cc(C2CCCCCN2S(=O)(=O)c2cc(N3CCCC3=O)ccc2C)on1. The van der Waals surface area contributed by atoms with Gasteiger partial charge in [-0.2, -0.15) is 4.31 Å². The van der Waals surface area contributed by atoms with E-state index in [9.17, 15) is 13.2 Å². The number of sulfonamides is 1. The van der Waals surface area contributed by atoms with Gasteiger partial charge in [0, 0.05) is 31.3 Å². The van der Waals surface area contributed by atoms with Crippen LogP contribution in [0, 0.1) is 13.8 Å². The maximum atomic E-state index is 13.8. The Morgan fingerprint density at radius 3 is 2.59 bits per heavy atom. The normalized spacial score (nSPS) is 21.5. The first-order valence-corrected chi connectivity index (χ1v) is 11.7. The molecule has 0 aliphatic carbocycles. The molecule has 0 radical (unpaired) electrons. The predicted octanol–water partition coefficient (Wildman–Crippen LogP) is 3.72. The molecule has 0 saturated carbocycles. The van der Waals surface area contributed by atoms with Crippen molar-refractivity contribution in [2.24, 2.45) is 0 Å². The van der Waals surface area contributed by atoms with Crippen molar-refractivity contribution in [3.05, 3.63) is 41.3 Å². The van der Waals surface area contributed by atoms with E-state index in [0.717, 1.165) is 31.4 Å². The molecule has 3 heterocycles. The van der Waals surface area contributed by atoms with Gasteiger partial charge in [-0.15, -0.1) is 0 Å². The topological polar surface area (TPSA) is 83.7 Å². The molecule has 1 atom stereocenters. The highest BCUT2D eigenvalue weighted by Crippen LogP contribution is 2.37. The number of hydrogen-bond donors (Lipinski definition) is 0. The number of carbonyl (C=O) groups is 1. The van der Waals surface area contributed by atoms with Gasteiger partial charge in [-0.3, -0.25) is 4.79 Å². The number of benzene rings is 1. The monoisotopic (exact) mass is 417 g/mol. The van der Waals surface area contributed by atoms with Gasteiger partial charge >= 0.3 is 0 Å². The highest BCUT2D eigenvalue weighted by molar-refractivity contribution is 7.89. The van der Waals surface area contributed by atoms with Crippen LogP contribution in [0.25, 0.3) is 0 Å². The van der Waals surface area contributed by atoms with Gasteiger partial charge in [-0.1, -0.05) is 24.1 Å². The fourth-order valence-corrected chi connectivity index (χ4v) is 6.19. The molecule has 8 heteroatoms. The van der Waals surface area contributed by atoms with E-state index in [2.05, 4.69) is 5.16 Å². The minimum Gasteiger partial charge on any atom is -0.359 e. The standard InChI is InChI=1S/C21H27N3O4S/c1-15-9-10-17(23-11-6-8-21(23)25)14-20(15)29(26,27)24-12-5-3-4-7-18(24)19-13-16(2)22-28-19/h9-10,13-14,18H,3-8,11-12H2,1-2H3. The summed E-state index contributed by atoms with van der Waals surface area (Å²) in [6.45, 7) is 4.71. The van der Waals surface area contributed by atoms with Crippen molar-refractivity contribution in [1.29, 1.82) is 0 Å². The van der Waals surface area contributed by atoms with E-state index in [1.165, 1.54) is 0 Å². The van der Waals surface area contributed by atoms with Crippen molar-refractivity contribution >= 4 is 21.6 Å². The number of aromatic nitrogens is 1. The summed E-state index contributed by atoms with van der Waals surface area (Å²) in [5.41, 5.74) is 2.07. The molecule has 0 spiro atoms. The Kier molecular flexibility index (Phi) is 5.48. The number of aryl methyl sites for hydroxylation is 2. The first-order valence-electron chi connectivity index (χ1n) is 10.2. The molecule has 156 valence electrons. The summed E-state index contributed by atoms with van der Waals surface area (Å²) < 4.78 is 34.5. The number of anilines is 1. The van der Waals surface area contributed by atoms with E-state index in [-0.39, 0.29) is 16.8 Å². The van der Waals surface area contributed by atoms with Crippen LogP contribution in [0.4, 0.5) is 5.69 Å². The van der Waals surface area contributed by atoms with Gasteiger partial charge in [0.2, 0.25) is 15.9 Å². The van der Waals surface area contributed by atoms with Crippen LogP contribution in [-0.4, -0.2) is 36.9 Å². The maximum Gasteiger partial charge on any atom is 0.244 e. The van der Waals surface area contributed by atoms with Crippen LogP contribution < -0.4 is 4.90 Å². The van der Waals surface area contributed by atoms with E-state index < -0.39 is 10.0 Å². The molecule has 4 rings (SSSR count). The lowest BCUT2D eigenvalue weighted by atomic mass is 10.1. The van der Waals surface area contributed by atoms with E-state index in [1.54, 1.807) is 28.3 Å². The molecule has 1 unspecified atom stereocenters. The summed E-state index contributed by atoms with van der Waals surface area (Å²) in [6, 6.07) is 6.74. The second-order valence-electron chi connectivity index (χ2n) is 7.95. The third-order valence-corrected chi connectivity index (χ3v) is 7.87. The van der Waals surface area contributed by atoms with Crippen LogP contribution in [0.2, 0.25) is 0 Å². The van der Waals surface area contributed by atoms with Gasteiger partial charge in [0.05, 0.1) is 16.6 Å². The predicted molar refractivity (Wildman–Crippen MR) is 109 cm³/mol. The highest BCUT2D eigenvalue weighted by atomic mass is 32.2. The second-order valence-corrected chi connectivity index (χ2v) is 9.81. The summed E-state index contributed by atoms with van der Waals surface area (Å²) in [7, 11) is -3.77. The van der Waals surface area contributed by atoms with Crippen LogP contribution in [0.1, 0.15) is 61.6 Å². The van der Waals surface area contributed by atoms with Crippen molar-refractivity contribution in [1.82, 2.24) is 9.46 Å². The van der Waals surface area contributed by atoms with Crippen LogP contribution in [0.3, 0.4) is 0 Å². The molecule has 2 aliphatic heterocycles. The van der Waals surface area contributed by atoms with Crippen LogP contribution in [0.5, 0.6) is 0 Å². The average Bonchev–Trinajstić information content (AvgIpc) is 3.22. The smallest absolute Gasteiger partial charge is 0.244 e. The Morgan fingerprint density at radius 1 is 1.07 bits per heavy atom. The number of amides is 1. The first kappa shape index (κ1) is 20.1. The zero-order valence-electron chi connectivity index (χ0n) is 16.9. The van der Waals surface area contributed by atoms with E-state index >= 15 is 0 Å². The Balaban J connectivity index is 1.75. The lowest BCUT2D eigenvalue weighted by molar-refractivity contribution is -0.117.